The van der Waals surface area contributed by atoms with Crippen LogP contribution in [0.4, 0.5) is 0 Å². The molecule has 0 bridgehead atoms. The van der Waals surface area contributed by atoms with Crippen LogP contribution in [0.5, 0.6) is 5.75 Å². The molecule has 20 heavy (non-hydrogen) atoms. The third-order valence-corrected chi connectivity index (χ3v) is 3.26. The van der Waals surface area contributed by atoms with E-state index in [1.165, 1.54) is 0 Å². The summed E-state index contributed by atoms with van der Waals surface area (Å²) >= 11 is 0. The lowest BCUT2D eigenvalue weighted by Crippen LogP contribution is -2.48. The van der Waals surface area contributed by atoms with Gasteiger partial charge in [0.15, 0.2) is 0 Å². The van der Waals surface area contributed by atoms with Gasteiger partial charge in [-0.3, -0.25) is 4.79 Å². The van der Waals surface area contributed by atoms with E-state index in [9.17, 15) is 4.79 Å². The number of ether oxygens (including phenoxy) is 2. The van der Waals surface area contributed by atoms with Crippen molar-refractivity contribution >= 4 is 5.91 Å². The highest BCUT2D eigenvalue weighted by molar-refractivity contribution is 5.94. The molecule has 110 valence electrons. The fraction of sp³-hybridized carbons (Fsp3) is 0.562. The molecule has 0 aromatic heterocycles. The summed E-state index contributed by atoms with van der Waals surface area (Å²) in [7, 11) is 0. The van der Waals surface area contributed by atoms with Crippen LogP contribution < -0.4 is 4.74 Å². The van der Waals surface area contributed by atoms with E-state index >= 15 is 0 Å². The molecule has 1 aromatic carbocycles. The standard InChI is InChI=1S/C16H23NO3/c1-4-8-19-15-7-5-6-14(9-15)16(18)17-10-12(2)20-13(3)11-17/h5-7,9,12-13H,4,8,10-11H2,1-3H3/t12-,13-/m1/s1. The number of morpholine rings is 1. The van der Waals surface area contributed by atoms with Crippen LogP contribution in [0.15, 0.2) is 24.3 Å². The zero-order valence-electron chi connectivity index (χ0n) is 12.5. The first-order chi connectivity index (χ1) is 9.60. The van der Waals surface area contributed by atoms with Gasteiger partial charge in [-0.15, -0.1) is 0 Å². The van der Waals surface area contributed by atoms with Crippen molar-refractivity contribution in [2.45, 2.75) is 39.4 Å². The van der Waals surface area contributed by atoms with Gasteiger partial charge in [0.2, 0.25) is 0 Å². The molecule has 0 aliphatic carbocycles. The zero-order valence-corrected chi connectivity index (χ0v) is 12.5. The van der Waals surface area contributed by atoms with Gasteiger partial charge in [0.05, 0.1) is 18.8 Å². The zero-order chi connectivity index (χ0) is 14.5. The van der Waals surface area contributed by atoms with Crippen LogP contribution in [-0.2, 0) is 4.74 Å². The normalized spacial score (nSPS) is 22.6. The number of hydrogen-bond acceptors (Lipinski definition) is 3. The Balaban J connectivity index is 2.08. The van der Waals surface area contributed by atoms with Crippen LogP contribution in [0.25, 0.3) is 0 Å². The van der Waals surface area contributed by atoms with Crippen molar-refractivity contribution in [3.05, 3.63) is 29.8 Å². The molecule has 1 aromatic rings. The van der Waals surface area contributed by atoms with Gasteiger partial charge in [0, 0.05) is 18.7 Å². The smallest absolute Gasteiger partial charge is 0.254 e. The van der Waals surface area contributed by atoms with Gasteiger partial charge in [0.1, 0.15) is 5.75 Å². The Morgan fingerprint density at radius 2 is 2.05 bits per heavy atom. The summed E-state index contributed by atoms with van der Waals surface area (Å²) in [5.74, 6) is 0.806. The molecular weight excluding hydrogens is 254 g/mol. The summed E-state index contributed by atoms with van der Waals surface area (Å²) in [6, 6.07) is 7.41. The quantitative estimate of drug-likeness (QED) is 0.849. The molecule has 0 spiro atoms. The van der Waals surface area contributed by atoms with Crippen molar-refractivity contribution in [3.8, 4) is 5.75 Å². The van der Waals surface area contributed by atoms with E-state index in [1.807, 2.05) is 43.0 Å². The summed E-state index contributed by atoms with van der Waals surface area (Å²) in [5.41, 5.74) is 0.680. The largest absolute Gasteiger partial charge is 0.494 e. The van der Waals surface area contributed by atoms with Crippen molar-refractivity contribution in [2.24, 2.45) is 0 Å². The molecule has 1 amide bonds. The molecule has 2 rings (SSSR count). The van der Waals surface area contributed by atoms with Gasteiger partial charge in [0.25, 0.3) is 5.91 Å². The van der Waals surface area contributed by atoms with Crippen LogP contribution >= 0.6 is 0 Å². The Hall–Kier alpha value is -1.55. The predicted molar refractivity (Wildman–Crippen MR) is 78.1 cm³/mol. The van der Waals surface area contributed by atoms with Gasteiger partial charge in [-0.2, -0.15) is 0 Å². The Labute approximate surface area is 120 Å². The first-order valence-corrected chi connectivity index (χ1v) is 7.27. The highest BCUT2D eigenvalue weighted by Gasteiger charge is 2.26. The van der Waals surface area contributed by atoms with E-state index in [-0.39, 0.29) is 18.1 Å². The first-order valence-electron chi connectivity index (χ1n) is 7.27. The van der Waals surface area contributed by atoms with Crippen molar-refractivity contribution in [1.29, 1.82) is 0 Å². The summed E-state index contributed by atoms with van der Waals surface area (Å²) in [4.78, 5) is 14.4. The van der Waals surface area contributed by atoms with E-state index in [1.54, 1.807) is 0 Å². The number of amides is 1. The van der Waals surface area contributed by atoms with Crippen LogP contribution in [0.2, 0.25) is 0 Å². The van der Waals surface area contributed by atoms with Gasteiger partial charge >= 0.3 is 0 Å². The molecule has 0 unspecified atom stereocenters. The fourth-order valence-corrected chi connectivity index (χ4v) is 2.47. The first kappa shape index (κ1) is 14.9. The van der Waals surface area contributed by atoms with E-state index in [0.29, 0.717) is 25.3 Å². The molecule has 1 saturated heterocycles. The lowest BCUT2D eigenvalue weighted by molar-refractivity contribution is -0.0586. The third-order valence-electron chi connectivity index (χ3n) is 3.26. The molecule has 1 fully saturated rings. The van der Waals surface area contributed by atoms with Crippen LogP contribution in [-0.4, -0.2) is 42.7 Å². The number of hydrogen-bond donors (Lipinski definition) is 0. The lowest BCUT2D eigenvalue weighted by Gasteiger charge is -2.35. The van der Waals surface area contributed by atoms with E-state index in [0.717, 1.165) is 12.2 Å². The summed E-state index contributed by atoms with van der Waals surface area (Å²) in [6.07, 6.45) is 1.13. The summed E-state index contributed by atoms with van der Waals surface area (Å²) in [5, 5.41) is 0. The number of carbonyl (C=O) groups is 1. The highest BCUT2D eigenvalue weighted by atomic mass is 16.5. The Kier molecular flexibility index (Phi) is 5.01. The fourth-order valence-electron chi connectivity index (χ4n) is 2.47. The predicted octanol–water partition coefficient (Wildman–Crippen LogP) is 2.72. The Bertz CT molecular complexity index is 451. The lowest BCUT2D eigenvalue weighted by atomic mass is 10.1. The molecule has 0 saturated carbocycles. The van der Waals surface area contributed by atoms with Gasteiger partial charge in [-0.25, -0.2) is 0 Å². The number of carbonyl (C=O) groups excluding carboxylic acids is 1. The maximum absolute atomic E-state index is 12.5. The molecule has 2 atom stereocenters. The van der Waals surface area contributed by atoms with Crippen molar-refractivity contribution in [1.82, 2.24) is 4.90 Å². The van der Waals surface area contributed by atoms with E-state index in [2.05, 4.69) is 6.92 Å². The number of nitrogens with zero attached hydrogens (tertiary/aromatic N) is 1. The van der Waals surface area contributed by atoms with E-state index < -0.39 is 0 Å². The molecule has 0 N–H and O–H groups in total. The SMILES string of the molecule is CCCOc1cccc(C(=O)N2C[C@@H](C)O[C@H](C)C2)c1. The van der Waals surface area contributed by atoms with Crippen molar-refractivity contribution in [3.63, 3.8) is 0 Å². The maximum atomic E-state index is 12.5. The Morgan fingerprint density at radius 3 is 2.70 bits per heavy atom. The molecule has 1 aliphatic rings. The second-order valence-electron chi connectivity index (χ2n) is 5.34. The van der Waals surface area contributed by atoms with Crippen LogP contribution in [0.3, 0.4) is 0 Å². The van der Waals surface area contributed by atoms with Crippen LogP contribution in [0.1, 0.15) is 37.6 Å². The minimum atomic E-state index is 0.0500. The molecule has 0 radical (unpaired) electrons. The second-order valence-corrected chi connectivity index (χ2v) is 5.34. The van der Waals surface area contributed by atoms with Gasteiger partial charge in [-0.1, -0.05) is 13.0 Å². The van der Waals surface area contributed by atoms with E-state index in [4.69, 9.17) is 9.47 Å². The minimum absolute atomic E-state index is 0.0500. The molecule has 4 heteroatoms. The average molecular weight is 277 g/mol. The Morgan fingerprint density at radius 1 is 1.35 bits per heavy atom. The van der Waals surface area contributed by atoms with Crippen LogP contribution in [0, 0.1) is 0 Å². The third kappa shape index (κ3) is 3.73. The second kappa shape index (κ2) is 6.75. The number of benzene rings is 1. The average Bonchev–Trinajstić information content (AvgIpc) is 2.43. The van der Waals surface area contributed by atoms with Crippen molar-refractivity contribution in [2.75, 3.05) is 19.7 Å². The monoisotopic (exact) mass is 277 g/mol. The highest BCUT2D eigenvalue weighted by Crippen LogP contribution is 2.18. The maximum Gasteiger partial charge on any atom is 0.254 e. The summed E-state index contributed by atoms with van der Waals surface area (Å²) < 4.78 is 11.2. The molecular formula is C16H23NO3. The molecule has 1 aliphatic heterocycles. The minimum Gasteiger partial charge on any atom is -0.494 e. The topological polar surface area (TPSA) is 38.8 Å². The van der Waals surface area contributed by atoms with Gasteiger partial charge < -0.3 is 14.4 Å². The number of rotatable bonds is 4. The van der Waals surface area contributed by atoms with Gasteiger partial charge in [-0.05, 0) is 38.5 Å². The molecule has 1 heterocycles. The molecule has 4 nitrogen and oxygen atoms in total. The summed E-state index contributed by atoms with van der Waals surface area (Å²) in [6.45, 7) is 8.01. The van der Waals surface area contributed by atoms with Crippen molar-refractivity contribution < 1.29 is 14.3 Å².